The molecule has 3 heteroatoms. The Kier molecular flexibility index (Phi) is 5.22. The van der Waals surface area contributed by atoms with E-state index in [1.807, 2.05) is 30.3 Å². The van der Waals surface area contributed by atoms with E-state index in [-0.39, 0.29) is 5.91 Å². The number of furan rings is 1. The molecule has 29 heavy (non-hydrogen) atoms. The van der Waals surface area contributed by atoms with Crippen LogP contribution in [-0.4, -0.2) is 5.91 Å². The normalized spacial score (nSPS) is 11.0. The highest BCUT2D eigenvalue weighted by atomic mass is 16.3. The second kappa shape index (κ2) is 7.96. The molecule has 0 atom stereocenters. The van der Waals surface area contributed by atoms with Crippen molar-refractivity contribution in [3.05, 3.63) is 106 Å². The summed E-state index contributed by atoms with van der Waals surface area (Å²) in [4.78, 5) is 12.6. The summed E-state index contributed by atoms with van der Waals surface area (Å²) in [5.74, 6) is 0.958. The molecule has 1 aromatic heterocycles. The number of benzene rings is 3. The van der Waals surface area contributed by atoms with Gasteiger partial charge in [-0.15, -0.1) is 0 Å². The first-order valence-corrected chi connectivity index (χ1v) is 9.91. The van der Waals surface area contributed by atoms with Gasteiger partial charge in [0.05, 0.1) is 0 Å². The molecule has 3 aromatic carbocycles. The van der Waals surface area contributed by atoms with Gasteiger partial charge in [0.1, 0.15) is 5.76 Å². The van der Waals surface area contributed by atoms with Crippen LogP contribution in [0.4, 0.5) is 0 Å². The standard InChI is InChI=1S/C26H25NO2/c1-17-13-18(2)24(19(3)14-17)15-22-11-12-25(29-22)26(28)27-16-21-9-6-8-20-7-4-5-10-23(20)21/h4-14H,15-16H2,1-3H3,(H,27,28). The SMILES string of the molecule is Cc1cc(C)c(Cc2ccc(C(=O)NCc3cccc4ccccc34)o2)c(C)c1. The Morgan fingerprint density at radius 2 is 1.62 bits per heavy atom. The van der Waals surface area contributed by atoms with E-state index in [0.717, 1.165) is 16.7 Å². The summed E-state index contributed by atoms with van der Waals surface area (Å²) in [6.07, 6.45) is 0.689. The first kappa shape index (κ1) is 19.0. The Hall–Kier alpha value is -3.33. The molecular weight excluding hydrogens is 358 g/mol. The van der Waals surface area contributed by atoms with Gasteiger partial charge < -0.3 is 9.73 Å². The van der Waals surface area contributed by atoms with Gasteiger partial charge >= 0.3 is 0 Å². The van der Waals surface area contributed by atoms with Gasteiger partial charge in [0.2, 0.25) is 0 Å². The van der Waals surface area contributed by atoms with Crippen molar-refractivity contribution in [3.8, 4) is 0 Å². The highest BCUT2D eigenvalue weighted by Gasteiger charge is 2.13. The molecule has 0 aliphatic heterocycles. The minimum atomic E-state index is -0.193. The van der Waals surface area contributed by atoms with Crippen LogP contribution in [0.2, 0.25) is 0 Å². The number of nitrogens with one attached hydrogen (secondary N) is 1. The number of hydrogen-bond donors (Lipinski definition) is 1. The summed E-state index contributed by atoms with van der Waals surface area (Å²) in [6, 6.07) is 22.3. The van der Waals surface area contributed by atoms with E-state index in [4.69, 9.17) is 4.42 Å². The van der Waals surface area contributed by atoms with Gasteiger partial charge in [0, 0.05) is 13.0 Å². The van der Waals surface area contributed by atoms with Crippen molar-refractivity contribution in [2.45, 2.75) is 33.7 Å². The first-order chi connectivity index (χ1) is 14.0. The van der Waals surface area contributed by atoms with E-state index in [1.165, 1.54) is 27.6 Å². The summed E-state index contributed by atoms with van der Waals surface area (Å²) >= 11 is 0. The van der Waals surface area contributed by atoms with E-state index >= 15 is 0 Å². The maximum absolute atomic E-state index is 12.6. The molecule has 1 heterocycles. The van der Waals surface area contributed by atoms with Crippen LogP contribution in [0, 0.1) is 20.8 Å². The molecule has 1 N–H and O–H groups in total. The van der Waals surface area contributed by atoms with Crippen molar-refractivity contribution in [1.29, 1.82) is 0 Å². The zero-order valence-electron chi connectivity index (χ0n) is 17.1. The van der Waals surface area contributed by atoms with Crippen LogP contribution in [0.15, 0.2) is 71.1 Å². The molecule has 146 valence electrons. The van der Waals surface area contributed by atoms with Gasteiger partial charge in [-0.05, 0) is 65.9 Å². The molecule has 1 amide bonds. The Labute approximate surface area is 171 Å². The molecule has 0 saturated heterocycles. The zero-order valence-corrected chi connectivity index (χ0v) is 17.1. The summed E-state index contributed by atoms with van der Waals surface area (Å²) in [5, 5.41) is 5.31. The topological polar surface area (TPSA) is 42.2 Å². The zero-order chi connectivity index (χ0) is 20.4. The van der Waals surface area contributed by atoms with Crippen LogP contribution in [0.5, 0.6) is 0 Å². The van der Waals surface area contributed by atoms with Gasteiger partial charge in [0.15, 0.2) is 5.76 Å². The predicted octanol–water partition coefficient (Wildman–Crippen LogP) is 5.88. The summed E-state index contributed by atoms with van der Waals surface area (Å²) in [5.41, 5.74) is 6.11. The lowest BCUT2D eigenvalue weighted by atomic mass is 9.97. The number of aryl methyl sites for hydroxylation is 3. The van der Waals surface area contributed by atoms with E-state index in [2.05, 4.69) is 56.4 Å². The van der Waals surface area contributed by atoms with E-state index in [9.17, 15) is 4.79 Å². The molecule has 0 fully saturated rings. The largest absolute Gasteiger partial charge is 0.456 e. The molecule has 0 unspecified atom stereocenters. The third-order valence-corrected chi connectivity index (χ3v) is 5.40. The third kappa shape index (κ3) is 4.09. The fraction of sp³-hybridized carbons (Fsp3) is 0.192. The van der Waals surface area contributed by atoms with Crippen molar-refractivity contribution in [3.63, 3.8) is 0 Å². The number of carbonyl (C=O) groups excluding carboxylic acids is 1. The highest BCUT2D eigenvalue weighted by Crippen LogP contribution is 2.22. The number of fused-ring (bicyclic) bond motifs is 1. The van der Waals surface area contributed by atoms with Gasteiger partial charge in [-0.1, -0.05) is 60.2 Å². The van der Waals surface area contributed by atoms with E-state index in [1.54, 1.807) is 6.07 Å². The maximum Gasteiger partial charge on any atom is 0.287 e. The van der Waals surface area contributed by atoms with Crippen LogP contribution >= 0.6 is 0 Å². The van der Waals surface area contributed by atoms with Crippen LogP contribution in [0.25, 0.3) is 10.8 Å². The molecule has 0 bridgehead atoms. The lowest BCUT2D eigenvalue weighted by molar-refractivity contribution is 0.0921. The molecule has 0 radical (unpaired) electrons. The average molecular weight is 383 g/mol. The second-order valence-corrected chi connectivity index (χ2v) is 7.64. The van der Waals surface area contributed by atoms with Crippen LogP contribution in [0.3, 0.4) is 0 Å². The number of hydrogen-bond acceptors (Lipinski definition) is 2. The molecule has 4 aromatic rings. The number of carbonyl (C=O) groups is 1. The van der Waals surface area contributed by atoms with Crippen LogP contribution < -0.4 is 5.32 Å². The molecule has 0 aliphatic rings. The minimum Gasteiger partial charge on any atom is -0.456 e. The minimum absolute atomic E-state index is 0.193. The van der Waals surface area contributed by atoms with Crippen molar-refractivity contribution < 1.29 is 9.21 Å². The van der Waals surface area contributed by atoms with Crippen molar-refractivity contribution in [2.24, 2.45) is 0 Å². The quantitative estimate of drug-likeness (QED) is 0.468. The van der Waals surface area contributed by atoms with Crippen LogP contribution in [0.1, 0.15) is 44.1 Å². The average Bonchev–Trinajstić information content (AvgIpc) is 3.17. The summed E-state index contributed by atoms with van der Waals surface area (Å²) in [6.45, 7) is 6.81. The van der Waals surface area contributed by atoms with Crippen molar-refractivity contribution in [1.82, 2.24) is 5.32 Å². The lowest BCUT2D eigenvalue weighted by Gasteiger charge is -2.10. The Morgan fingerprint density at radius 1 is 0.897 bits per heavy atom. The van der Waals surface area contributed by atoms with Crippen molar-refractivity contribution in [2.75, 3.05) is 0 Å². The van der Waals surface area contributed by atoms with Gasteiger partial charge in [-0.25, -0.2) is 0 Å². The first-order valence-electron chi connectivity index (χ1n) is 9.91. The Balaban J connectivity index is 1.46. The number of rotatable bonds is 5. The van der Waals surface area contributed by atoms with Crippen LogP contribution in [-0.2, 0) is 13.0 Å². The van der Waals surface area contributed by atoms with Gasteiger partial charge in [-0.2, -0.15) is 0 Å². The number of amides is 1. The highest BCUT2D eigenvalue weighted by molar-refractivity contribution is 5.92. The second-order valence-electron chi connectivity index (χ2n) is 7.64. The summed E-state index contributed by atoms with van der Waals surface area (Å²) in [7, 11) is 0. The van der Waals surface area contributed by atoms with E-state index < -0.39 is 0 Å². The predicted molar refractivity (Wildman–Crippen MR) is 117 cm³/mol. The van der Waals surface area contributed by atoms with Gasteiger partial charge in [0.25, 0.3) is 5.91 Å². The lowest BCUT2D eigenvalue weighted by Crippen LogP contribution is -2.22. The molecule has 4 rings (SSSR count). The molecule has 0 aliphatic carbocycles. The fourth-order valence-corrected chi connectivity index (χ4v) is 3.97. The Morgan fingerprint density at radius 3 is 2.41 bits per heavy atom. The third-order valence-electron chi connectivity index (χ3n) is 5.40. The fourth-order valence-electron chi connectivity index (χ4n) is 3.97. The molecule has 3 nitrogen and oxygen atoms in total. The van der Waals surface area contributed by atoms with E-state index in [0.29, 0.717) is 18.7 Å². The molecule has 0 spiro atoms. The molecular formula is C26H25NO2. The molecule has 0 saturated carbocycles. The summed E-state index contributed by atoms with van der Waals surface area (Å²) < 4.78 is 5.85. The monoisotopic (exact) mass is 383 g/mol. The van der Waals surface area contributed by atoms with Crippen molar-refractivity contribution >= 4 is 16.7 Å². The smallest absolute Gasteiger partial charge is 0.287 e. The Bertz CT molecular complexity index is 1160. The van der Waals surface area contributed by atoms with Gasteiger partial charge in [-0.3, -0.25) is 4.79 Å². The maximum atomic E-state index is 12.6.